The van der Waals surface area contributed by atoms with Gasteiger partial charge in [-0.05, 0) is 42.8 Å². The van der Waals surface area contributed by atoms with Gasteiger partial charge < -0.3 is 10.1 Å². The number of amides is 1. The molecule has 2 aromatic carbocycles. The Labute approximate surface area is 162 Å². The highest BCUT2D eigenvalue weighted by molar-refractivity contribution is 7.89. The SMILES string of the molecule is COC(=O)c1ccc(C)c(NC(=O)CCNS(=O)(=O)c2cccc(Cl)c2)c1. The molecule has 27 heavy (non-hydrogen) atoms. The molecule has 144 valence electrons. The van der Waals surface area contributed by atoms with Crippen LogP contribution < -0.4 is 10.0 Å². The molecule has 0 saturated carbocycles. The number of hydrogen-bond donors (Lipinski definition) is 2. The van der Waals surface area contributed by atoms with Gasteiger partial charge in [0.15, 0.2) is 0 Å². The van der Waals surface area contributed by atoms with Crippen LogP contribution in [-0.2, 0) is 19.6 Å². The lowest BCUT2D eigenvalue weighted by Gasteiger charge is -2.11. The van der Waals surface area contributed by atoms with Crippen molar-refractivity contribution < 1.29 is 22.7 Å². The molecule has 9 heteroatoms. The molecule has 0 fully saturated rings. The standard InChI is InChI=1S/C18H19ClN2O5S/c1-12-6-7-13(18(23)26-2)10-16(12)21-17(22)8-9-20-27(24,25)15-5-3-4-14(19)11-15/h3-7,10-11,20H,8-9H2,1-2H3,(H,21,22). The zero-order chi connectivity index (χ0) is 20.0. The summed E-state index contributed by atoms with van der Waals surface area (Å²) < 4.78 is 31.4. The summed E-state index contributed by atoms with van der Waals surface area (Å²) in [6.07, 6.45) is -0.0817. The number of halogens is 1. The van der Waals surface area contributed by atoms with E-state index < -0.39 is 21.9 Å². The third-order valence-corrected chi connectivity index (χ3v) is 5.38. The Balaban J connectivity index is 1.96. The van der Waals surface area contributed by atoms with Crippen molar-refractivity contribution in [3.63, 3.8) is 0 Å². The highest BCUT2D eigenvalue weighted by atomic mass is 35.5. The monoisotopic (exact) mass is 410 g/mol. The molecule has 1 amide bonds. The number of esters is 1. The lowest BCUT2D eigenvalue weighted by molar-refractivity contribution is -0.116. The summed E-state index contributed by atoms with van der Waals surface area (Å²) in [5.74, 6) is -0.909. The Hall–Kier alpha value is -2.42. The van der Waals surface area contributed by atoms with Crippen molar-refractivity contribution in [2.24, 2.45) is 0 Å². The summed E-state index contributed by atoms with van der Waals surface area (Å²) in [6, 6.07) is 10.6. The second-order valence-electron chi connectivity index (χ2n) is 5.67. The van der Waals surface area contributed by atoms with Gasteiger partial charge in [0.25, 0.3) is 0 Å². The van der Waals surface area contributed by atoms with Crippen LogP contribution >= 0.6 is 11.6 Å². The van der Waals surface area contributed by atoms with Crippen molar-refractivity contribution in [2.45, 2.75) is 18.2 Å². The normalized spacial score (nSPS) is 11.1. The van der Waals surface area contributed by atoms with Crippen LogP contribution in [0, 0.1) is 6.92 Å². The van der Waals surface area contributed by atoms with Crippen molar-refractivity contribution in [3.8, 4) is 0 Å². The van der Waals surface area contributed by atoms with E-state index in [1.165, 1.54) is 31.4 Å². The van der Waals surface area contributed by atoms with Gasteiger partial charge in [-0.2, -0.15) is 0 Å². The minimum absolute atomic E-state index is 0.0250. The van der Waals surface area contributed by atoms with E-state index >= 15 is 0 Å². The molecule has 0 radical (unpaired) electrons. The third kappa shape index (κ3) is 5.78. The Bertz CT molecular complexity index is 960. The lowest BCUT2D eigenvalue weighted by atomic mass is 10.1. The minimum atomic E-state index is -3.76. The van der Waals surface area contributed by atoms with E-state index in [2.05, 4.69) is 14.8 Å². The summed E-state index contributed by atoms with van der Waals surface area (Å²) in [7, 11) is -2.49. The van der Waals surface area contributed by atoms with E-state index in [9.17, 15) is 18.0 Å². The Kier molecular flexibility index (Phi) is 6.95. The molecule has 2 N–H and O–H groups in total. The van der Waals surface area contributed by atoms with Crippen LogP contribution in [0.15, 0.2) is 47.4 Å². The fraction of sp³-hybridized carbons (Fsp3) is 0.222. The number of ether oxygens (including phenoxy) is 1. The first kappa shape index (κ1) is 20.9. The largest absolute Gasteiger partial charge is 0.465 e. The first-order valence-corrected chi connectivity index (χ1v) is 9.83. The molecule has 0 aromatic heterocycles. The average Bonchev–Trinajstić information content (AvgIpc) is 2.62. The van der Waals surface area contributed by atoms with Crippen molar-refractivity contribution in [1.29, 1.82) is 0 Å². The van der Waals surface area contributed by atoms with Gasteiger partial charge in [-0.3, -0.25) is 4.79 Å². The molecule has 0 bridgehead atoms. The molecule has 0 aliphatic rings. The summed E-state index contributed by atoms with van der Waals surface area (Å²) in [6.45, 7) is 1.69. The highest BCUT2D eigenvalue weighted by Gasteiger charge is 2.15. The van der Waals surface area contributed by atoms with Crippen LogP contribution in [0.4, 0.5) is 5.69 Å². The van der Waals surface area contributed by atoms with E-state index in [0.717, 1.165) is 5.56 Å². The quantitative estimate of drug-likeness (QED) is 0.683. The van der Waals surface area contributed by atoms with Gasteiger partial charge in [0.05, 0.1) is 17.6 Å². The fourth-order valence-electron chi connectivity index (χ4n) is 2.23. The predicted octanol–water partition coefficient (Wildman–Crippen LogP) is 2.74. The molecule has 0 aliphatic carbocycles. The van der Waals surface area contributed by atoms with E-state index in [1.54, 1.807) is 25.1 Å². The molecular weight excluding hydrogens is 392 g/mol. The topological polar surface area (TPSA) is 102 Å². The van der Waals surface area contributed by atoms with Crippen molar-refractivity contribution in [1.82, 2.24) is 4.72 Å². The van der Waals surface area contributed by atoms with E-state index in [0.29, 0.717) is 16.3 Å². The summed E-state index contributed by atoms with van der Waals surface area (Å²) >= 11 is 5.80. The number of nitrogens with one attached hydrogen (secondary N) is 2. The van der Waals surface area contributed by atoms with Gasteiger partial charge in [-0.25, -0.2) is 17.9 Å². The number of rotatable bonds is 7. The Morgan fingerprint density at radius 2 is 1.89 bits per heavy atom. The van der Waals surface area contributed by atoms with Gasteiger partial charge in [0, 0.05) is 23.7 Å². The zero-order valence-electron chi connectivity index (χ0n) is 14.8. The first-order valence-electron chi connectivity index (χ1n) is 7.97. The van der Waals surface area contributed by atoms with Crippen LogP contribution in [0.1, 0.15) is 22.3 Å². The van der Waals surface area contributed by atoms with Crippen LogP contribution in [0.5, 0.6) is 0 Å². The number of methoxy groups -OCH3 is 1. The maximum absolute atomic E-state index is 12.2. The van der Waals surface area contributed by atoms with Crippen LogP contribution in [0.2, 0.25) is 5.02 Å². The van der Waals surface area contributed by atoms with Crippen molar-refractivity contribution in [3.05, 3.63) is 58.6 Å². The van der Waals surface area contributed by atoms with Crippen molar-refractivity contribution >= 4 is 39.2 Å². The molecule has 7 nitrogen and oxygen atoms in total. The molecular formula is C18H19ClN2O5S. The predicted molar refractivity (Wildman–Crippen MR) is 102 cm³/mol. The van der Waals surface area contributed by atoms with Crippen LogP contribution in [0.3, 0.4) is 0 Å². The number of benzene rings is 2. The zero-order valence-corrected chi connectivity index (χ0v) is 16.4. The summed E-state index contributed by atoms with van der Waals surface area (Å²) in [5, 5.41) is 2.96. The second kappa shape index (κ2) is 8.98. The first-order chi connectivity index (χ1) is 12.7. The molecule has 0 saturated heterocycles. The molecule has 2 aromatic rings. The number of carbonyl (C=O) groups is 2. The van der Waals surface area contributed by atoms with Gasteiger partial charge >= 0.3 is 5.97 Å². The molecule has 0 aliphatic heterocycles. The number of sulfonamides is 1. The van der Waals surface area contributed by atoms with Crippen LogP contribution in [0.25, 0.3) is 0 Å². The van der Waals surface area contributed by atoms with Crippen LogP contribution in [-0.4, -0.2) is 33.9 Å². The summed E-state index contributed by atoms with van der Waals surface area (Å²) in [5.41, 5.74) is 1.52. The van der Waals surface area contributed by atoms with E-state index in [-0.39, 0.29) is 17.9 Å². The van der Waals surface area contributed by atoms with Gasteiger partial charge in [0.1, 0.15) is 0 Å². The van der Waals surface area contributed by atoms with Gasteiger partial charge in [-0.15, -0.1) is 0 Å². The smallest absolute Gasteiger partial charge is 0.337 e. The number of aryl methyl sites for hydroxylation is 1. The molecule has 0 spiro atoms. The van der Waals surface area contributed by atoms with Crippen molar-refractivity contribution in [2.75, 3.05) is 19.0 Å². The maximum Gasteiger partial charge on any atom is 0.337 e. The molecule has 0 atom stereocenters. The molecule has 2 rings (SSSR count). The Morgan fingerprint density at radius 1 is 1.15 bits per heavy atom. The maximum atomic E-state index is 12.2. The van der Waals surface area contributed by atoms with E-state index in [1.807, 2.05) is 0 Å². The summed E-state index contributed by atoms with van der Waals surface area (Å²) in [4.78, 5) is 23.7. The van der Waals surface area contributed by atoms with Gasteiger partial charge in [-0.1, -0.05) is 23.7 Å². The Morgan fingerprint density at radius 3 is 2.56 bits per heavy atom. The minimum Gasteiger partial charge on any atom is -0.465 e. The average molecular weight is 411 g/mol. The van der Waals surface area contributed by atoms with E-state index in [4.69, 9.17) is 11.6 Å². The molecule has 0 unspecified atom stereocenters. The third-order valence-electron chi connectivity index (χ3n) is 3.68. The number of carbonyl (C=O) groups excluding carboxylic acids is 2. The number of anilines is 1. The fourth-order valence-corrected chi connectivity index (χ4v) is 3.56. The lowest BCUT2D eigenvalue weighted by Crippen LogP contribution is -2.28. The van der Waals surface area contributed by atoms with Gasteiger partial charge in [0.2, 0.25) is 15.9 Å². The highest BCUT2D eigenvalue weighted by Crippen LogP contribution is 2.18. The molecule has 0 heterocycles. The second-order valence-corrected chi connectivity index (χ2v) is 7.88. The number of hydrogen-bond acceptors (Lipinski definition) is 5.